The van der Waals surface area contributed by atoms with Crippen LogP contribution in [0.1, 0.15) is 36.5 Å². The van der Waals surface area contributed by atoms with Crippen LogP contribution < -0.4 is 10.1 Å². The number of rotatable bonds is 9. The second-order valence-electron chi connectivity index (χ2n) is 5.96. The SMILES string of the molecule is COc1ccccc1NC(=O)CCCC(=O)O[C@H](C)C(=O)c1ccccc1. The van der Waals surface area contributed by atoms with Crippen LogP contribution in [0.2, 0.25) is 0 Å². The van der Waals surface area contributed by atoms with Crippen molar-refractivity contribution >= 4 is 23.3 Å². The number of para-hydroxylation sites is 2. The summed E-state index contributed by atoms with van der Waals surface area (Å²) in [6.07, 6.45) is -0.311. The van der Waals surface area contributed by atoms with Gasteiger partial charge < -0.3 is 14.8 Å². The molecule has 2 aromatic carbocycles. The first-order valence-electron chi connectivity index (χ1n) is 8.73. The van der Waals surface area contributed by atoms with Crippen molar-refractivity contribution in [1.82, 2.24) is 0 Å². The van der Waals surface area contributed by atoms with E-state index < -0.39 is 12.1 Å². The van der Waals surface area contributed by atoms with Crippen molar-refractivity contribution in [2.24, 2.45) is 0 Å². The number of ketones is 1. The van der Waals surface area contributed by atoms with Crippen molar-refractivity contribution in [1.29, 1.82) is 0 Å². The van der Waals surface area contributed by atoms with Crippen LogP contribution in [0.3, 0.4) is 0 Å². The topological polar surface area (TPSA) is 81.7 Å². The van der Waals surface area contributed by atoms with Crippen LogP contribution in [0.5, 0.6) is 5.75 Å². The molecule has 6 nitrogen and oxygen atoms in total. The lowest BCUT2D eigenvalue weighted by Crippen LogP contribution is -2.24. The average Bonchev–Trinajstić information content (AvgIpc) is 2.68. The molecular formula is C21H23NO5. The first-order chi connectivity index (χ1) is 13.0. The summed E-state index contributed by atoms with van der Waals surface area (Å²) in [6.45, 7) is 1.54. The molecule has 0 aliphatic rings. The van der Waals surface area contributed by atoms with Crippen LogP contribution in [-0.4, -0.2) is 30.9 Å². The van der Waals surface area contributed by atoms with Crippen LogP contribution in [0, 0.1) is 0 Å². The summed E-state index contributed by atoms with van der Waals surface area (Å²) >= 11 is 0. The Kier molecular flexibility index (Phi) is 7.55. The number of methoxy groups -OCH3 is 1. The Morgan fingerprint density at radius 2 is 1.63 bits per heavy atom. The smallest absolute Gasteiger partial charge is 0.306 e. The molecule has 142 valence electrons. The van der Waals surface area contributed by atoms with E-state index in [-0.39, 0.29) is 24.5 Å². The number of esters is 1. The lowest BCUT2D eigenvalue weighted by Gasteiger charge is -2.12. The second kappa shape index (κ2) is 10.1. The number of amides is 1. The quantitative estimate of drug-likeness (QED) is 0.539. The molecule has 0 aliphatic carbocycles. The van der Waals surface area contributed by atoms with E-state index in [9.17, 15) is 14.4 Å². The normalized spacial score (nSPS) is 11.3. The molecule has 0 unspecified atom stereocenters. The molecule has 6 heteroatoms. The number of nitrogens with one attached hydrogen (secondary N) is 1. The third-order valence-electron chi connectivity index (χ3n) is 3.90. The zero-order chi connectivity index (χ0) is 19.6. The summed E-state index contributed by atoms with van der Waals surface area (Å²) in [5.74, 6) is -0.408. The molecule has 1 N–H and O–H groups in total. The van der Waals surface area contributed by atoms with Crippen molar-refractivity contribution in [3.05, 3.63) is 60.2 Å². The standard InChI is InChI=1S/C21H23NO5/c1-15(21(25)16-9-4-3-5-10-16)27-20(24)14-8-13-19(23)22-17-11-6-7-12-18(17)26-2/h3-7,9-12,15H,8,13-14H2,1-2H3,(H,22,23)/t15-/m1/s1. The first-order valence-corrected chi connectivity index (χ1v) is 8.73. The molecule has 0 aliphatic heterocycles. The zero-order valence-corrected chi connectivity index (χ0v) is 15.4. The minimum Gasteiger partial charge on any atom is -0.495 e. The highest BCUT2D eigenvalue weighted by Gasteiger charge is 2.19. The third-order valence-corrected chi connectivity index (χ3v) is 3.90. The summed E-state index contributed by atoms with van der Waals surface area (Å²) in [5.41, 5.74) is 1.07. The molecular weight excluding hydrogens is 346 g/mol. The number of benzene rings is 2. The van der Waals surface area contributed by atoms with Crippen LogP contribution in [0.15, 0.2) is 54.6 Å². The maximum absolute atomic E-state index is 12.2. The molecule has 27 heavy (non-hydrogen) atoms. The maximum atomic E-state index is 12.2. The highest BCUT2D eigenvalue weighted by molar-refractivity contribution is 6.00. The van der Waals surface area contributed by atoms with Crippen LogP contribution >= 0.6 is 0 Å². The van der Waals surface area contributed by atoms with Gasteiger partial charge >= 0.3 is 5.97 Å². The van der Waals surface area contributed by atoms with Gasteiger partial charge in [0.25, 0.3) is 0 Å². The van der Waals surface area contributed by atoms with Crippen molar-refractivity contribution in [2.75, 3.05) is 12.4 Å². The maximum Gasteiger partial charge on any atom is 0.306 e. The van der Waals surface area contributed by atoms with Crippen LogP contribution in [0.4, 0.5) is 5.69 Å². The van der Waals surface area contributed by atoms with Crippen molar-refractivity contribution in [2.45, 2.75) is 32.3 Å². The predicted molar refractivity (Wildman–Crippen MR) is 102 cm³/mol. The monoisotopic (exact) mass is 369 g/mol. The molecule has 2 rings (SSSR count). The van der Waals surface area contributed by atoms with E-state index in [0.717, 1.165) is 0 Å². The fourth-order valence-corrected chi connectivity index (χ4v) is 2.50. The Morgan fingerprint density at radius 1 is 0.963 bits per heavy atom. The Hall–Kier alpha value is -3.15. The lowest BCUT2D eigenvalue weighted by atomic mass is 10.1. The predicted octanol–water partition coefficient (Wildman–Crippen LogP) is 3.62. The number of Topliss-reactive ketones (excluding diaryl/α,β-unsaturated/α-hetero) is 1. The minimum absolute atomic E-state index is 0.0613. The number of carbonyl (C=O) groups excluding carboxylic acids is 3. The van der Waals surface area contributed by atoms with Gasteiger partial charge in [0.1, 0.15) is 5.75 Å². The molecule has 0 radical (unpaired) electrons. The average molecular weight is 369 g/mol. The number of anilines is 1. The molecule has 0 spiro atoms. The third kappa shape index (κ3) is 6.26. The van der Waals surface area contributed by atoms with E-state index in [1.165, 1.54) is 7.11 Å². The molecule has 0 saturated heterocycles. The van der Waals surface area contributed by atoms with Gasteiger partial charge in [0.05, 0.1) is 12.8 Å². The largest absolute Gasteiger partial charge is 0.495 e. The van der Waals surface area contributed by atoms with Gasteiger partial charge in [-0.1, -0.05) is 42.5 Å². The highest BCUT2D eigenvalue weighted by atomic mass is 16.5. The van der Waals surface area contributed by atoms with Gasteiger partial charge in [0.15, 0.2) is 6.10 Å². The Morgan fingerprint density at radius 3 is 2.33 bits per heavy atom. The Balaban J connectivity index is 1.74. The van der Waals surface area contributed by atoms with Crippen LogP contribution in [0.25, 0.3) is 0 Å². The molecule has 0 bridgehead atoms. The number of hydrogen-bond donors (Lipinski definition) is 1. The summed E-state index contributed by atoms with van der Waals surface area (Å²) < 4.78 is 10.3. The number of ether oxygens (including phenoxy) is 2. The summed E-state index contributed by atoms with van der Waals surface area (Å²) in [4.78, 5) is 36.1. The Labute approximate surface area is 158 Å². The highest BCUT2D eigenvalue weighted by Crippen LogP contribution is 2.23. The zero-order valence-electron chi connectivity index (χ0n) is 15.4. The van der Waals surface area contributed by atoms with E-state index in [1.54, 1.807) is 49.4 Å². The minimum atomic E-state index is -0.859. The van der Waals surface area contributed by atoms with E-state index in [2.05, 4.69) is 5.32 Å². The molecule has 0 heterocycles. The summed E-state index contributed by atoms with van der Waals surface area (Å²) in [7, 11) is 1.53. The molecule has 0 aromatic heterocycles. The van der Waals surface area contributed by atoms with E-state index in [4.69, 9.17) is 9.47 Å². The van der Waals surface area contributed by atoms with Gasteiger partial charge in [0.2, 0.25) is 11.7 Å². The van der Waals surface area contributed by atoms with E-state index >= 15 is 0 Å². The van der Waals surface area contributed by atoms with Crippen LogP contribution in [-0.2, 0) is 14.3 Å². The van der Waals surface area contributed by atoms with Crippen molar-refractivity contribution in [3.63, 3.8) is 0 Å². The van der Waals surface area contributed by atoms with Crippen molar-refractivity contribution < 1.29 is 23.9 Å². The summed E-state index contributed by atoms with van der Waals surface area (Å²) in [6, 6.07) is 15.8. The Bertz CT molecular complexity index is 788. The van der Waals surface area contributed by atoms with E-state index in [1.807, 2.05) is 12.1 Å². The van der Waals surface area contributed by atoms with Gasteiger partial charge in [-0.15, -0.1) is 0 Å². The molecule has 0 fully saturated rings. The van der Waals surface area contributed by atoms with Gasteiger partial charge in [-0.05, 0) is 25.5 Å². The molecule has 1 atom stereocenters. The van der Waals surface area contributed by atoms with Gasteiger partial charge in [0, 0.05) is 18.4 Å². The molecule has 2 aromatic rings. The second-order valence-corrected chi connectivity index (χ2v) is 5.96. The van der Waals surface area contributed by atoms with Crippen molar-refractivity contribution in [3.8, 4) is 5.75 Å². The fraction of sp³-hybridized carbons (Fsp3) is 0.286. The summed E-state index contributed by atoms with van der Waals surface area (Å²) in [5, 5.41) is 2.75. The van der Waals surface area contributed by atoms with Gasteiger partial charge in [-0.2, -0.15) is 0 Å². The van der Waals surface area contributed by atoms with E-state index in [0.29, 0.717) is 23.4 Å². The number of hydrogen-bond acceptors (Lipinski definition) is 5. The van der Waals surface area contributed by atoms with Gasteiger partial charge in [-0.25, -0.2) is 0 Å². The first kappa shape index (κ1) is 20.2. The molecule has 1 amide bonds. The fourth-order valence-electron chi connectivity index (χ4n) is 2.50. The number of carbonyl (C=O) groups is 3. The lowest BCUT2D eigenvalue weighted by molar-refractivity contribution is -0.146. The van der Waals surface area contributed by atoms with Gasteiger partial charge in [-0.3, -0.25) is 14.4 Å². The molecule has 0 saturated carbocycles.